The molecule has 1 saturated heterocycles. The monoisotopic (exact) mass is 532 g/mol. The van der Waals surface area contributed by atoms with Crippen LogP contribution >= 0.6 is 27.3 Å². The molecule has 3 aromatic carbocycles. The number of aliphatic hydroxyl groups excluding tert-OH is 1. The summed E-state index contributed by atoms with van der Waals surface area (Å²) in [7, 11) is 0. The van der Waals surface area contributed by atoms with E-state index < -0.39 is 17.7 Å². The fraction of sp³-hybridized carbons (Fsp3) is 0.148. The Morgan fingerprint density at radius 3 is 2.32 bits per heavy atom. The number of aliphatic hydroxyl groups is 1. The lowest BCUT2D eigenvalue weighted by atomic mass is 9.95. The lowest BCUT2D eigenvalue weighted by Gasteiger charge is -2.23. The van der Waals surface area contributed by atoms with E-state index in [-0.39, 0.29) is 11.3 Å². The topological polar surface area (TPSA) is 70.5 Å². The van der Waals surface area contributed by atoms with E-state index in [4.69, 9.17) is 4.98 Å². The van der Waals surface area contributed by atoms with Crippen molar-refractivity contribution in [2.24, 2.45) is 0 Å². The Labute approximate surface area is 209 Å². The van der Waals surface area contributed by atoms with Crippen molar-refractivity contribution < 1.29 is 14.7 Å². The second-order valence-corrected chi connectivity index (χ2v) is 10.4. The van der Waals surface area contributed by atoms with E-state index in [2.05, 4.69) is 15.9 Å². The second-order valence-electron chi connectivity index (χ2n) is 8.51. The molecule has 1 atom stereocenters. The highest BCUT2D eigenvalue weighted by atomic mass is 79.9. The largest absolute Gasteiger partial charge is 0.507 e. The van der Waals surface area contributed by atoms with Crippen LogP contribution in [0.3, 0.4) is 0 Å². The number of Topliss-reactive ketones (excluding diaryl/α,β-unsaturated/α-hetero) is 1. The molecular weight excluding hydrogens is 512 g/mol. The summed E-state index contributed by atoms with van der Waals surface area (Å²) in [4.78, 5) is 32.9. The van der Waals surface area contributed by atoms with E-state index in [0.717, 1.165) is 31.4 Å². The molecular formula is C27H21BrN2O3S. The van der Waals surface area contributed by atoms with Crippen molar-refractivity contribution >= 4 is 60.1 Å². The number of anilines is 1. The number of hydrogen-bond acceptors (Lipinski definition) is 5. The molecule has 0 saturated carbocycles. The van der Waals surface area contributed by atoms with Gasteiger partial charge in [-0.05, 0) is 55.7 Å². The number of halogens is 1. The standard InChI is InChI=1S/C27H21BrN2O3S/c1-14-4-6-18(7-5-14)24(31)21-23(17-8-10-19(28)11-9-17)30(26(33)25(21)32)27-29-22-16(3)12-15(2)13-20(22)34-27/h4-13,23,31H,1-3H3. The average Bonchev–Trinajstić information content (AvgIpc) is 3.33. The van der Waals surface area contributed by atoms with Crippen LogP contribution in [0.1, 0.15) is 33.9 Å². The van der Waals surface area contributed by atoms with Gasteiger partial charge in [-0.25, -0.2) is 4.98 Å². The predicted octanol–water partition coefficient (Wildman–Crippen LogP) is 6.61. The molecule has 2 heterocycles. The van der Waals surface area contributed by atoms with Gasteiger partial charge in [0.1, 0.15) is 5.76 Å². The predicted molar refractivity (Wildman–Crippen MR) is 139 cm³/mol. The third-order valence-corrected chi connectivity index (χ3v) is 7.51. The van der Waals surface area contributed by atoms with Gasteiger partial charge in [-0.3, -0.25) is 14.5 Å². The van der Waals surface area contributed by atoms with Gasteiger partial charge in [0.25, 0.3) is 5.78 Å². The Hall–Kier alpha value is -3.29. The maximum atomic E-state index is 13.4. The van der Waals surface area contributed by atoms with Crippen molar-refractivity contribution in [2.45, 2.75) is 26.8 Å². The van der Waals surface area contributed by atoms with Crippen LogP contribution in [-0.4, -0.2) is 21.8 Å². The van der Waals surface area contributed by atoms with Crippen molar-refractivity contribution in [1.29, 1.82) is 0 Å². The summed E-state index contributed by atoms with van der Waals surface area (Å²) in [6.45, 7) is 5.94. The average molecular weight is 533 g/mol. The summed E-state index contributed by atoms with van der Waals surface area (Å²) < 4.78 is 1.82. The second kappa shape index (κ2) is 8.49. The fourth-order valence-electron chi connectivity index (χ4n) is 4.32. The number of fused-ring (bicyclic) bond motifs is 1. The molecule has 5 nitrogen and oxygen atoms in total. The molecule has 1 fully saturated rings. The fourth-order valence-corrected chi connectivity index (χ4v) is 5.75. The molecule has 5 rings (SSSR count). The molecule has 1 aliphatic heterocycles. The van der Waals surface area contributed by atoms with Gasteiger partial charge in [-0.1, -0.05) is 75.3 Å². The highest BCUT2D eigenvalue weighted by Gasteiger charge is 2.48. The lowest BCUT2D eigenvalue weighted by Crippen LogP contribution is -2.29. The summed E-state index contributed by atoms with van der Waals surface area (Å²) >= 11 is 4.81. The van der Waals surface area contributed by atoms with Gasteiger partial charge in [0.05, 0.1) is 21.8 Å². The van der Waals surface area contributed by atoms with E-state index >= 15 is 0 Å². The summed E-state index contributed by atoms with van der Waals surface area (Å²) in [5.41, 5.74) is 5.20. The number of ketones is 1. The highest BCUT2D eigenvalue weighted by molar-refractivity contribution is 9.10. The molecule has 4 aromatic rings. The number of aromatic nitrogens is 1. The molecule has 170 valence electrons. The van der Waals surface area contributed by atoms with Crippen LogP contribution in [0.5, 0.6) is 0 Å². The third kappa shape index (κ3) is 3.75. The Morgan fingerprint density at radius 2 is 1.65 bits per heavy atom. The molecule has 0 aliphatic carbocycles. The third-order valence-electron chi connectivity index (χ3n) is 5.98. The first-order chi connectivity index (χ1) is 16.2. The van der Waals surface area contributed by atoms with Crippen molar-refractivity contribution in [3.8, 4) is 0 Å². The van der Waals surface area contributed by atoms with Crippen LogP contribution in [0.25, 0.3) is 16.0 Å². The quantitative estimate of drug-likeness (QED) is 0.183. The minimum Gasteiger partial charge on any atom is -0.507 e. The van der Waals surface area contributed by atoms with E-state index in [9.17, 15) is 14.7 Å². The van der Waals surface area contributed by atoms with Gasteiger partial charge in [-0.15, -0.1) is 0 Å². The number of aryl methyl sites for hydroxylation is 3. The molecule has 34 heavy (non-hydrogen) atoms. The smallest absolute Gasteiger partial charge is 0.301 e. The zero-order valence-corrected chi connectivity index (χ0v) is 21.2. The van der Waals surface area contributed by atoms with Gasteiger partial charge in [-0.2, -0.15) is 0 Å². The lowest BCUT2D eigenvalue weighted by molar-refractivity contribution is -0.132. The van der Waals surface area contributed by atoms with E-state index in [1.807, 2.05) is 69.3 Å². The van der Waals surface area contributed by atoms with E-state index in [0.29, 0.717) is 16.3 Å². The molecule has 1 aromatic heterocycles. The molecule has 7 heteroatoms. The van der Waals surface area contributed by atoms with Gasteiger partial charge in [0.2, 0.25) is 0 Å². The number of nitrogens with zero attached hydrogens (tertiary/aromatic N) is 2. The zero-order chi connectivity index (χ0) is 24.1. The first kappa shape index (κ1) is 22.5. The van der Waals surface area contributed by atoms with Crippen LogP contribution in [0, 0.1) is 20.8 Å². The van der Waals surface area contributed by atoms with E-state index in [1.165, 1.54) is 16.2 Å². The molecule has 0 radical (unpaired) electrons. The summed E-state index contributed by atoms with van der Waals surface area (Å²) in [6.07, 6.45) is 0. The maximum Gasteiger partial charge on any atom is 0.301 e. The van der Waals surface area contributed by atoms with Crippen molar-refractivity contribution in [1.82, 2.24) is 4.98 Å². The van der Waals surface area contributed by atoms with Gasteiger partial charge in [0.15, 0.2) is 5.13 Å². The van der Waals surface area contributed by atoms with Crippen LogP contribution < -0.4 is 4.90 Å². The normalized spacial score (nSPS) is 17.6. The Kier molecular flexibility index (Phi) is 5.62. The van der Waals surface area contributed by atoms with Gasteiger partial charge in [0, 0.05) is 10.0 Å². The SMILES string of the molecule is Cc1ccc(C(O)=C2C(=O)C(=O)N(c3nc4c(C)cc(C)cc4s3)C2c2ccc(Br)cc2)cc1. The first-order valence-electron chi connectivity index (χ1n) is 10.8. The Balaban J connectivity index is 1.74. The van der Waals surface area contributed by atoms with Gasteiger partial charge >= 0.3 is 5.91 Å². The minimum atomic E-state index is -0.795. The molecule has 1 unspecified atom stereocenters. The summed E-state index contributed by atoms with van der Waals surface area (Å²) in [5.74, 6) is -1.62. The summed E-state index contributed by atoms with van der Waals surface area (Å²) in [6, 6.07) is 17.9. The Morgan fingerprint density at radius 1 is 0.971 bits per heavy atom. The molecule has 0 bridgehead atoms. The molecule has 1 N–H and O–H groups in total. The van der Waals surface area contributed by atoms with Crippen LogP contribution in [0.15, 0.2) is 70.7 Å². The maximum absolute atomic E-state index is 13.4. The molecule has 1 aliphatic rings. The number of rotatable bonds is 3. The number of amides is 1. The molecule has 0 spiro atoms. The highest BCUT2D eigenvalue weighted by Crippen LogP contribution is 2.44. The molecule has 1 amide bonds. The van der Waals surface area contributed by atoms with Gasteiger partial charge < -0.3 is 5.11 Å². The van der Waals surface area contributed by atoms with Crippen LogP contribution in [-0.2, 0) is 9.59 Å². The van der Waals surface area contributed by atoms with Crippen LogP contribution in [0.4, 0.5) is 5.13 Å². The minimum absolute atomic E-state index is 0.0586. The number of hydrogen-bond donors (Lipinski definition) is 1. The number of thiazole rings is 1. The first-order valence-corrected chi connectivity index (χ1v) is 12.4. The zero-order valence-electron chi connectivity index (χ0n) is 18.8. The van der Waals surface area contributed by atoms with Crippen LogP contribution in [0.2, 0.25) is 0 Å². The number of carbonyl (C=O) groups excluding carboxylic acids is 2. The Bertz CT molecular complexity index is 1490. The van der Waals surface area contributed by atoms with Crippen molar-refractivity contribution in [3.05, 3.63) is 98.5 Å². The van der Waals surface area contributed by atoms with E-state index in [1.54, 1.807) is 12.1 Å². The van der Waals surface area contributed by atoms with Crippen molar-refractivity contribution in [3.63, 3.8) is 0 Å². The number of carbonyl (C=O) groups is 2. The number of benzene rings is 3. The summed E-state index contributed by atoms with van der Waals surface area (Å²) in [5, 5.41) is 11.7. The van der Waals surface area contributed by atoms with Crippen molar-refractivity contribution in [2.75, 3.05) is 4.90 Å².